The van der Waals surface area contributed by atoms with Gasteiger partial charge < -0.3 is 9.64 Å². The third-order valence-corrected chi connectivity index (χ3v) is 5.43. The molecule has 0 aromatic carbocycles. The number of Topliss-reactive ketones (excluding diaryl/α,β-unsaturated/α-hetero) is 1. The van der Waals surface area contributed by atoms with Crippen molar-refractivity contribution in [3.05, 3.63) is 22.4 Å². The molecule has 0 radical (unpaired) electrons. The summed E-state index contributed by atoms with van der Waals surface area (Å²) in [5.74, 6) is -0.882. The molecular weight excluding hydrogens is 316 g/mol. The van der Waals surface area contributed by atoms with Crippen LogP contribution < -0.4 is 0 Å². The molecule has 0 saturated carbocycles. The topological polar surface area (TPSA) is 66.9 Å². The highest BCUT2D eigenvalue weighted by Crippen LogP contribution is 2.25. The summed E-state index contributed by atoms with van der Waals surface area (Å²) < 4.78 is 5.14. The average Bonchev–Trinajstić information content (AvgIpc) is 3.23. The number of rotatable bonds is 4. The molecule has 2 aliphatic heterocycles. The van der Waals surface area contributed by atoms with Crippen molar-refractivity contribution in [3.8, 4) is 0 Å². The summed E-state index contributed by atoms with van der Waals surface area (Å²) in [4.78, 5) is 40.2. The number of hydrogen-bond donors (Lipinski definition) is 0. The number of likely N-dealkylation sites (tertiary alicyclic amines) is 1. The predicted molar refractivity (Wildman–Crippen MR) is 85.5 cm³/mol. The van der Waals surface area contributed by atoms with E-state index in [0.717, 1.165) is 6.42 Å². The van der Waals surface area contributed by atoms with Crippen molar-refractivity contribution < 1.29 is 19.1 Å². The van der Waals surface area contributed by atoms with Crippen molar-refractivity contribution in [1.29, 1.82) is 0 Å². The normalized spacial score (nSPS) is 22.3. The molecule has 1 aromatic rings. The van der Waals surface area contributed by atoms with E-state index < -0.39 is 11.7 Å². The summed E-state index contributed by atoms with van der Waals surface area (Å²) in [6.45, 7) is 3.49. The summed E-state index contributed by atoms with van der Waals surface area (Å²) >= 11 is 1.28. The van der Waals surface area contributed by atoms with Crippen LogP contribution in [-0.4, -0.2) is 59.4 Å². The Hall–Kier alpha value is -1.89. The van der Waals surface area contributed by atoms with Gasteiger partial charge in [0.15, 0.2) is 0 Å². The van der Waals surface area contributed by atoms with E-state index in [4.69, 9.17) is 4.74 Å². The Morgan fingerprint density at radius 3 is 2.70 bits per heavy atom. The molecule has 6 nitrogen and oxygen atoms in total. The lowest BCUT2D eigenvalue weighted by Crippen LogP contribution is -2.50. The highest BCUT2D eigenvalue weighted by atomic mass is 32.1. The zero-order chi connectivity index (χ0) is 16.4. The third kappa shape index (κ3) is 3.10. The van der Waals surface area contributed by atoms with Crippen molar-refractivity contribution in [2.24, 2.45) is 0 Å². The minimum Gasteiger partial charge on any atom is -0.447 e. The van der Waals surface area contributed by atoms with E-state index in [-0.39, 0.29) is 18.2 Å². The first-order valence-electron chi connectivity index (χ1n) is 7.94. The Morgan fingerprint density at radius 2 is 2.09 bits per heavy atom. The number of ketones is 1. The second kappa shape index (κ2) is 6.70. The van der Waals surface area contributed by atoms with E-state index in [0.29, 0.717) is 37.4 Å². The molecule has 2 aliphatic rings. The lowest BCUT2D eigenvalue weighted by molar-refractivity contribution is -0.127. The number of piperidine rings is 1. The van der Waals surface area contributed by atoms with Crippen LogP contribution in [0.5, 0.6) is 0 Å². The van der Waals surface area contributed by atoms with Gasteiger partial charge in [0, 0.05) is 19.1 Å². The summed E-state index contributed by atoms with van der Waals surface area (Å²) in [5, 5.41) is 1.79. The van der Waals surface area contributed by atoms with Crippen LogP contribution in [0.3, 0.4) is 0 Å². The fraction of sp³-hybridized carbons (Fsp3) is 0.562. The van der Waals surface area contributed by atoms with Crippen LogP contribution in [0.1, 0.15) is 35.9 Å². The maximum absolute atomic E-state index is 12.3. The van der Waals surface area contributed by atoms with Crippen LogP contribution in [0.2, 0.25) is 0 Å². The molecule has 1 aromatic heterocycles. The molecule has 0 bridgehead atoms. The van der Waals surface area contributed by atoms with E-state index in [1.165, 1.54) is 11.3 Å². The molecule has 0 N–H and O–H groups in total. The van der Waals surface area contributed by atoms with E-state index >= 15 is 0 Å². The molecule has 2 amide bonds. The third-order valence-electron chi connectivity index (χ3n) is 4.56. The Morgan fingerprint density at radius 1 is 1.35 bits per heavy atom. The van der Waals surface area contributed by atoms with Gasteiger partial charge in [-0.05, 0) is 30.7 Å². The highest BCUT2D eigenvalue weighted by Gasteiger charge is 2.39. The Labute approximate surface area is 139 Å². The number of hydrogen-bond acceptors (Lipinski definition) is 5. The van der Waals surface area contributed by atoms with Crippen LogP contribution in [0.4, 0.5) is 4.79 Å². The first-order valence-corrected chi connectivity index (χ1v) is 8.82. The van der Waals surface area contributed by atoms with E-state index in [2.05, 4.69) is 0 Å². The molecule has 23 heavy (non-hydrogen) atoms. The summed E-state index contributed by atoms with van der Waals surface area (Å²) in [6, 6.07) is 3.66. The first kappa shape index (κ1) is 16.0. The van der Waals surface area contributed by atoms with Crippen LogP contribution in [0.25, 0.3) is 0 Å². The standard InChI is InChI=1S/C16H20N2O4S/c1-2-11-10-22-16(21)18(11)12-5-7-17(8-6-12)15(20)14(19)13-4-3-9-23-13/h3-4,9,11-12H,2,5-8,10H2,1H3. The van der Waals surface area contributed by atoms with Crippen molar-refractivity contribution in [2.75, 3.05) is 19.7 Å². The quantitative estimate of drug-likeness (QED) is 0.624. The van der Waals surface area contributed by atoms with Gasteiger partial charge in [-0.1, -0.05) is 13.0 Å². The summed E-state index contributed by atoms with van der Waals surface area (Å²) in [6.07, 6.45) is 1.99. The van der Waals surface area contributed by atoms with Gasteiger partial charge in [-0.3, -0.25) is 14.5 Å². The lowest BCUT2D eigenvalue weighted by atomic mass is 10.0. The van der Waals surface area contributed by atoms with Gasteiger partial charge in [-0.2, -0.15) is 0 Å². The minimum atomic E-state index is -0.443. The predicted octanol–water partition coefficient (Wildman–Crippen LogP) is 2.15. The van der Waals surface area contributed by atoms with Gasteiger partial charge in [0.1, 0.15) is 6.61 Å². The van der Waals surface area contributed by atoms with E-state index in [1.807, 2.05) is 11.8 Å². The molecule has 3 rings (SSSR count). The molecule has 7 heteroatoms. The van der Waals surface area contributed by atoms with Gasteiger partial charge in [-0.15, -0.1) is 11.3 Å². The SMILES string of the molecule is CCC1COC(=O)N1C1CCN(C(=O)C(=O)c2cccs2)CC1. The van der Waals surface area contributed by atoms with Crippen LogP contribution in [0.15, 0.2) is 17.5 Å². The fourth-order valence-electron chi connectivity index (χ4n) is 3.24. The number of nitrogens with zero attached hydrogens (tertiary/aromatic N) is 2. The number of cyclic esters (lactones) is 1. The van der Waals surface area contributed by atoms with Crippen LogP contribution in [0, 0.1) is 0 Å². The molecule has 124 valence electrons. The molecule has 2 saturated heterocycles. The van der Waals surface area contributed by atoms with Gasteiger partial charge in [0.05, 0.1) is 10.9 Å². The van der Waals surface area contributed by atoms with Gasteiger partial charge in [0.2, 0.25) is 0 Å². The van der Waals surface area contributed by atoms with E-state index in [9.17, 15) is 14.4 Å². The molecular formula is C16H20N2O4S. The second-order valence-electron chi connectivity index (χ2n) is 5.88. The zero-order valence-corrected chi connectivity index (χ0v) is 13.9. The maximum Gasteiger partial charge on any atom is 0.410 e. The molecule has 2 fully saturated rings. The highest BCUT2D eigenvalue weighted by molar-refractivity contribution is 7.12. The van der Waals surface area contributed by atoms with E-state index in [1.54, 1.807) is 22.4 Å². The number of amides is 2. The minimum absolute atomic E-state index is 0.0934. The fourth-order valence-corrected chi connectivity index (χ4v) is 3.89. The van der Waals surface area contributed by atoms with Crippen molar-refractivity contribution >= 4 is 29.1 Å². The van der Waals surface area contributed by atoms with Crippen molar-refractivity contribution in [3.63, 3.8) is 0 Å². The number of carbonyl (C=O) groups excluding carboxylic acids is 3. The molecule has 0 spiro atoms. The number of carbonyl (C=O) groups is 3. The second-order valence-corrected chi connectivity index (χ2v) is 6.82. The molecule has 0 aliphatic carbocycles. The Kier molecular flexibility index (Phi) is 4.66. The lowest BCUT2D eigenvalue weighted by Gasteiger charge is -2.37. The van der Waals surface area contributed by atoms with Gasteiger partial charge >= 0.3 is 6.09 Å². The Balaban J connectivity index is 1.59. The number of thiophene rings is 1. The molecule has 1 atom stereocenters. The average molecular weight is 336 g/mol. The van der Waals surface area contributed by atoms with Gasteiger partial charge in [0.25, 0.3) is 11.7 Å². The smallest absolute Gasteiger partial charge is 0.410 e. The van der Waals surface area contributed by atoms with Gasteiger partial charge in [-0.25, -0.2) is 4.79 Å². The first-order chi connectivity index (χ1) is 11.1. The largest absolute Gasteiger partial charge is 0.447 e. The monoisotopic (exact) mass is 336 g/mol. The summed E-state index contributed by atoms with van der Waals surface area (Å²) in [7, 11) is 0. The van der Waals surface area contributed by atoms with Crippen LogP contribution in [-0.2, 0) is 9.53 Å². The zero-order valence-electron chi connectivity index (χ0n) is 13.1. The summed E-state index contributed by atoms with van der Waals surface area (Å²) in [5.41, 5.74) is 0. The maximum atomic E-state index is 12.3. The molecule has 1 unspecified atom stereocenters. The Bertz CT molecular complexity index is 593. The van der Waals surface area contributed by atoms with Crippen molar-refractivity contribution in [1.82, 2.24) is 9.80 Å². The van der Waals surface area contributed by atoms with Crippen molar-refractivity contribution in [2.45, 2.75) is 38.3 Å². The van der Waals surface area contributed by atoms with Crippen LogP contribution >= 0.6 is 11.3 Å². The molecule has 3 heterocycles. The number of ether oxygens (including phenoxy) is 1.